The number of rotatable bonds is 5. The van der Waals surface area contributed by atoms with Crippen LogP contribution in [-0.2, 0) is 17.8 Å². The summed E-state index contributed by atoms with van der Waals surface area (Å²) >= 11 is 6.11. The van der Waals surface area contributed by atoms with Gasteiger partial charge in [0.15, 0.2) is 0 Å². The van der Waals surface area contributed by atoms with Crippen molar-refractivity contribution in [3.63, 3.8) is 0 Å². The number of hydrogen-bond acceptors (Lipinski definition) is 3. The summed E-state index contributed by atoms with van der Waals surface area (Å²) in [7, 11) is 0. The highest BCUT2D eigenvalue weighted by Gasteiger charge is 2.18. The maximum Gasteiger partial charge on any atom is 0.272 e. The van der Waals surface area contributed by atoms with E-state index in [2.05, 4.69) is 18.8 Å². The standard InChI is InChI=1S/C20H26ClN3O2/c1-14(2)13-24-18-8-6-15(21)12-17(18)22-16(20(24)26)7-9-19(25)23-10-4-3-5-11-23/h6,8,12,14H,3-5,7,9-11,13H2,1-2H3. The topological polar surface area (TPSA) is 55.2 Å². The third-order valence-electron chi connectivity index (χ3n) is 4.81. The minimum atomic E-state index is -0.0973. The first-order valence-corrected chi connectivity index (χ1v) is 9.80. The summed E-state index contributed by atoms with van der Waals surface area (Å²) in [6.45, 7) is 6.43. The second kappa shape index (κ2) is 8.21. The second-order valence-electron chi connectivity index (χ2n) is 7.44. The van der Waals surface area contributed by atoms with E-state index in [4.69, 9.17) is 11.6 Å². The number of nitrogens with zero attached hydrogens (tertiary/aromatic N) is 3. The first-order valence-electron chi connectivity index (χ1n) is 9.42. The van der Waals surface area contributed by atoms with E-state index < -0.39 is 0 Å². The second-order valence-corrected chi connectivity index (χ2v) is 7.88. The minimum absolute atomic E-state index is 0.0973. The van der Waals surface area contributed by atoms with Crippen LogP contribution in [0.25, 0.3) is 11.0 Å². The number of aromatic nitrogens is 2. The fourth-order valence-corrected chi connectivity index (χ4v) is 3.68. The van der Waals surface area contributed by atoms with Gasteiger partial charge in [0, 0.05) is 37.5 Å². The molecule has 0 aliphatic carbocycles. The zero-order chi connectivity index (χ0) is 18.7. The third kappa shape index (κ3) is 4.26. The molecule has 0 radical (unpaired) electrons. The molecule has 1 aromatic heterocycles. The van der Waals surface area contributed by atoms with Gasteiger partial charge in [-0.15, -0.1) is 0 Å². The Kier molecular flexibility index (Phi) is 5.97. The molecule has 1 amide bonds. The molecule has 6 heteroatoms. The van der Waals surface area contributed by atoms with Gasteiger partial charge in [-0.25, -0.2) is 4.98 Å². The molecule has 1 fully saturated rings. The molecule has 2 heterocycles. The van der Waals surface area contributed by atoms with Gasteiger partial charge >= 0.3 is 0 Å². The lowest BCUT2D eigenvalue weighted by Gasteiger charge is -2.26. The van der Waals surface area contributed by atoms with Gasteiger partial charge in [0.1, 0.15) is 5.69 Å². The van der Waals surface area contributed by atoms with Gasteiger partial charge in [0.2, 0.25) is 5.91 Å². The molecule has 1 saturated heterocycles. The Hall–Kier alpha value is -1.88. The van der Waals surface area contributed by atoms with Crippen molar-refractivity contribution < 1.29 is 4.79 Å². The average molecular weight is 376 g/mol. The summed E-state index contributed by atoms with van der Waals surface area (Å²) < 4.78 is 1.77. The number of halogens is 1. The van der Waals surface area contributed by atoms with Crippen LogP contribution >= 0.6 is 11.6 Å². The molecule has 0 spiro atoms. The number of piperidine rings is 1. The number of carbonyl (C=O) groups excluding carboxylic acids is 1. The highest BCUT2D eigenvalue weighted by molar-refractivity contribution is 6.31. The largest absolute Gasteiger partial charge is 0.343 e. The molecule has 1 aliphatic heterocycles. The summed E-state index contributed by atoms with van der Waals surface area (Å²) in [6.07, 6.45) is 4.03. The van der Waals surface area contributed by atoms with Gasteiger partial charge in [-0.05, 0) is 43.4 Å². The highest BCUT2D eigenvalue weighted by atomic mass is 35.5. The first-order chi connectivity index (χ1) is 12.5. The fourth-order valence-electron chi connectivity index (χ4n) is 3.51. The highest BCUT2D eigenvalue weighted by Crippen LogP contribution is 2.18. The molecule has 3 rings (SSSR count). The summed E-state index contributed by atoms with van der Waals surface area (Å²) in [5.41, 5.74) is 1.85. The van der Waals surface area contributed by atoms with Crippen LogP contribution in [0.4, 0.5) is 0 Å². The van der Waals surface area contributed by atoms with Gasteiger partial charge < -0.3 is 9.47 Å². The molecule has 0 N–H and O–H groups in total. The predicted octanol–water partition coefficient (Wildman–Crippen LogP) is 3.65. The molecule has 0 bridgehead atoms. The van der Waals surface area contributed by atoms with E-state index in [9.17, 15) is 9.59 Å². The molecule has 1 aliphatic rings. The predicted molar refractivity (Wildman–Crippen MR) is 105 cm³/mol. The Labute approximate surface area is 159 Å². The van der Waals surface area contributed by atoms with E-state index in [0.29, 0.717) is 41.5 Å². The maximum absolute atomic E-state index is 12.9. The monoisotopic (exact) mass is 375 g/mol. The molecule has 2 aromatic rings. The van der Waals surface area contributed by atoms with E-state index >= 15 is 0 Å². The van der Waals surface area contributed by atoms with E-state index in [-0.39, 0.29) is 11.5 Å². The van der Waals surface area contributed by atoms with Gasteiger partial charge in [0.05, 0.1) is 11.0 Å². The van der Waals surface area contributed by atoms with E-state index in [1.165, 1.54) is 6.42 Å². The summed E-state index contributed by atoms with van der Waals surface area (Å²) in [5.74, 6) is 0.448. The Morgan fingerprint density at radius 2 is 1.96 bits per heavy atom. The van der Waals surface area contributed by atoms with E-state index in [1.54, 1.807) is 16.7 Å². The van der Waals surface area contributed by atoms with Crippen molar-refractivity contribution >= 4 is 28.5 Å². The Balaban J connectivity index is 1.88. The number of likely N-dealkylation sites (tertiary alicyclic amines) is 1. The summed E-state index contributed by atoms with van der Waals surface area (Å²) in [5, 5.41) is 0.593. The van der Waals surface area contributed by atoms with Gasteiger partial charge in [-0.2, -0.15) is 0 Å². The Bertz CT molecular complexity index is 854. The van der Waals surface area contributed by atoms with Crippen molar-refractivity contribution in [2.75, 3.05) is 13.1 Å². The number of benzene rings is 1. The molecular formula is C20H26ClN3O2. The van der Waals surface area contributed by atoms with Crippen molar-refractivity contribution in [1.29, 1.82) is 0 Å². The lowest BCUT2D eigenvalue weighted by atomic mass is 10.1. The molecule has 0 saturated carbocycles. The quantitative estimate of drug-likeness (QED) is 0.801. The molecule has 0 atom stereocenters. The number of aryl methyl sites for hydroxylation is 1. The molecule has 5 nitrogen and oxygen atoms in total. The van der Waals surface area contributed by atoms with Gasteiger partial charge in [-0.1, -0.05) is 25.4 Å². The van der Waals surface area contributed by atoms with Crippen LogP contribution in [-0.4, -0.2) is 33.4 Å². The van der Waals surface area contributed by atoms with Gasteiger partial charge in [-0.3, -0.25) is 9.59 Å². The van der Waals surface area contributed by atoms with Crippen LogP contribution in [0.2, 0.25) is 5.02 Å². The number of hydrogen-bond donors (Lipinski definition) is 0. The van der Waals surface area contributed by atoms with E-state index in [0.717, 1.165) is 31.4 Å². The van der Waals surface area contributed by atoms with Crippen LogP contribution in [0.15, 0.2) is 23.0 Å². The molecular weight excluding hydrogens is 350 g/mol. The van der Waals surface area contributed by atoms with Gasteiger partial charge in [0.25, 0.3) is 5.56 Å². The first kappa shape index (κ1) is 18.9. The molecule has 26 heavy (non-hydrogen) atoms. The van der Waals surface area contributed by atoms with Crippen LogP contribution in [0.1, 0.15) is 45.2 Å². The normalized spacial score (nSPS) is 15.0. The van der Waals surface area contributed by atoms with Crippen LogP contribution in [0.5, 0.6) is 0 Å². The SMILES string of the molecule is CC(C)Cn1c(=O)c(CCC(=O)N2CCCCC2)nc2cc(Cl)ccc21. The minimum Gasteiger partial charge on any atom is -0.343 e. The van der Waals surface area contributed by atoms with Crippen molar-refractivity contribution in [1.82, 2.24) is 14.5 Å². The molecule has 140 valence electrons. The third-order valence-corrected chi connectivity index (χ3v) is 5.04. The van der Waals surface area contributed by atoms with E-state index in [1.807, 2.05) is 11.0 Å². The maximum atomic E-state index is 12.9. The zero-order valence-electron chi connectivity index (χ0n) is 15.5. The number of amides is 1. The van der Waals surface area contributed by atoms with Crippen molar-refractivity contribution in [3.05, 3.63) is 39.3 Å². The lowest BCUT2D eigenvalue weighted by molar-refractivity contribution is -0.132. The van der Waals surface area contributed by atoms with Crippen LogP contribution < -0.4 is 5.56 Å². The van der Waals surface area contributed by atoms with Crippen molar-refractivity contribution in [2.24, 2.45) is 5.92 Å². The zero-order valence-corrected chi connectivity index (χ0v) is 16.3. The Morgan fingerprint density at radius 1 is 1.23 bits per heavy atom. The summed E-state index contributed by atoms with van der Waals surface area (Å²) in [4.78, 5) is 31.8. The summed E-state index contributed by atoms with van der Waals surface area (Å²) in [6, 6.07) is 5.40. The number of carbonyl (C=O) groups is 1. The van der Waals surface area contributed by atoms with Crippen molar-refractivity contribution in [3.8, 4) is 0 Å². The van der Waals surface area contributed by atoms with Crippen molar-refractivity contribution in [2.45, 2.75) is 52.5 Å². The average Bonchev–Trinajstić information content (AvgIpc) is 2.62. The lowest BCUT2D eigenvalue weighted by Crippen LogP contribution is -2.36. The van der Waals surface area contributed by atoms with Crippen LogP contribution in [0.3, 0.4) is 0 Å². The molecule has 0 unspecified atom stereocenters. The fraction of sp³-hybridized carbons (Fsp3) is 0.550. The molecule has 1 aromatic carbocycles. The Morgan fingerprint density at radius 3 is 2.65 bits per heavy atom. The van der Waals surface area contributed by atoms with Crippen LogP contribution in [0, 0.1) is 5.92 Å². The smallest absolute Gasteiger partial charge is 0.272 e. The number of fused-ring (bicyclic) bond motifs is 1.